The maximum absolute atomic E-state index is 13.3. The molecule has 0 radical (unpaired) electrons. The molecule has 3 aromatic rings. The van der Waals surface area contributed by atoms with E-state index in [0.717, 1.165) is 53.9 Å². The van der Waals surface area contributed by atoms with E-state index < -0.39 is 0 Å². The molecule has 2 N–H and O–H groups in total. The number of piperazine rings is 1. The number of hydrogen-bond acceptors (Lipinski definition) is 2. The van der Waals surface area contributed by atoms with Crippen molar-refractivity contribution in [2.24, 2.45) is 0 Å². The van der Waals surface area contributed by atoms with E-state index in [0.29, 0.717) is 6.54 Å². The Morgan fingerprint density at radius 1 is 1.00 bits per heavy atom. The number of carbonyl (C=O) groups is 2. The van der Waals surface area contributed by atoms with Crippen molar-refractivity contribution in [3.05, 3.63) is 60.2 Å². The molecule has 0 unspecified atom stereocenters. The van der Waals surface area contributed by atoms with Crippen molar-refractivity contribution in [3.63, 3.8) is 0 Å². The van der Waals surface area contributed by atoms with E-state index in [2.05, 4.69) is 4.98 Å². The van der Waals surface area contributed by atoms with Crippen LogP contribution in [-0.4, -0.2) is 54.3 Å². The number of Topliss-reactive ketones (excluding diaryl/α,β-unsaturated/α-hetero) is 1. The van der Waals surface area contributed by atoms with E-state index in [1.54, 1.807) is 6.92 Å². The zero-order chi connectivity index (χ0) is 18.8. The molecular weight excluding hydrogens is 338 g/mol. The molecule has 1 saturated heterocycles. The van der Waals surface area contributed by atoms with Crippen LogP contribution in [0.25, 0.3) is 22.2 Å². The van der Waals surface area contributed by atoms with E-state index in [4.69, 9.17) is 0 Å². The minimum Gasteiger partial charge on any atom is -0.354 e. The normalized spacial score (nSPS) is 15.2. The van der Waals surface area contributed by atoms with Crippen molar-refractivity contribution in [3.8, 4) is 11.3 Å². The zero-order valence-corrected chi connectivity index (χ0v) is 15.5. The summed E-state index contributed by atoms with van der Waals surface area (Å²) in [6.07, 6.45) is 0. The van der Waals surface area contributed by atoms with Gasteiger partial charge in [-0.25, -0.2) is 0 Å². The molecule has 1 fully saturated rings. The van der Waals surface area contributed by atoms with Gasteiger partial charge in [0, 0.05) is 17.8 Å². The molecule has 0 saturated carbocycles. The predicted octanol–water partition coefficient (Wildman–Crippen LogP) is 1.76. The van der Waals surface area contributed by atoms with Crippen molar-refractivity contribution in [1.29, 1.82) is 0 Å². The molecule has 1 aromatic heterocycles. The van der Waals surface area contributed by atoms with Crippen molar-refractivity contribution >= 4 is 22.6 Å². The number of nitrogens with zero attached hydrogens (tertiary/aromatic N) is 1. The number of fused-ring (bicyclic) bond motifs is 1. The highest BCUT2D eigenvalue weighted by molar-refractivity contribution is 6.13. The third kappa shape index (κ3) is 3.51. The highest BCUT2D eigenvalue weighted by atomic mass is 16.2. The second-order valence-electron chi connectivity index (χ2n) is 7.14. The first-order valence-corrected chi connectivity index (χ1v) is 9.42. The van der Waals surface area contributed by atoms with Gasteiger partial charge in [-0.2, -0.15) is 0 Å². The topological polar surface area (TPSA) is 57.6 Å². The molecule has 2 aromatic carbocycles. The second kappa shape index (κ2) is 7.37. The lowest BCUT2D eigenvalue weighted by Gasteiger charge is -2.31. The Balaban J connectivity index is 1.63. The first-order valence-electron chi connectivity index (χ1n) is 9.42. The molecule has 27 heavy (non-hydrogen) atoms. The third-order valence-electron chi connectivity index (χ3n) is 5.37. The van der Waals surface area contributed by atoms with E-state index in [1.165, 1.54) is 4.90 Å². The summed E-state index contributed by atoms with van der Waals surface area (Å²) in [6.45, 7) is 5.12. The van der Waals surface area contributed by atoms with Gasteiger partial charge in [0.05, 0.1) is 37.4 Å². The minimum atomic E-state index is 0.114. The Bertz CT molecular complexity index is 970. The van der Waals surface area contributed by atoms with Gasteiger partial charge in [0.1, 0.15) is 6.54 Å². The highest BCUT2D eigenvalue weighted by Gasteiger charge is 2.27. The molecule has 5 heteroatoms. The van der Waals surface area contributed by atoms with E-state index in [1.807, 2.05) is 59.5 Å². The Kier molecular flexibility index (Phi) is 4.77. The molecule has 138 valence electrons. The number of ketones is 1. The van der Waals surface area contributed by atoms with Gasteiger partial charge in [-0.15, -0.1) is 0 Å². The number of rotatable bonds is 4. The largest absolute Gasteiger partial charge is 0.354 e. The molecule has 0 atom stereocenters. The van der Waals surface area contributed by atoms with E-state index >= 15 is 0 Å². The number of aromatic amines is 1. The molecule has 0 spiro atoms. The van der Waals surface area contributed by atoms with Crippen LogP contribution in [0.3, 0.4) is 0 Å². The van der Waals surface area contributed by atoms with Crippen LogP contribution in [0.4, 0.5) is 0 Å². The number of nitrogens with one attached hydrogen (secondary N) is 2. The number of quaternary nitrogens is 1. The fourth-order valence-electron chi connectivity index (χ4n) is 3.88. The summed E-state index contributed by atoms with van der Waals surface area (Å²) >= 11 is 0. The number of carbonyl (C=O) groups excluding carboxylic acids is 2. The summed E-state index contributed by atoms with van der Waals surface area (Å²) in [7, 11) is 0. The van der Waals surface area contributed by atoms with Crippen LogP contribution < -0.4 is 4.90 Å². The second-order valence-corrected chi connectivity index (χ2v) is 7.14. The van der Waals surface area contributed by atoms with Crippen LogP contribution in [0.2, 0.25) is 0 Å². The summed E-state index contributed by atoms with van der Waals surface area (Å²) in [5, 5.41) is 0.975. The average molecular weight is 362 g/mol. The Morgan fingerprint density at radius 3 is 2.37 bits per heavy atom. The molecule has 1 aliphatic rings. The molecule has 0 bridgehead atoms. The number of hydrogen-bond donors (Lipinski definition) is 2. The van der Waals surface area contributed by atoms with Crippen LogP contribution in [0.15, 0.2) is 54.6 Å². The number of para-hydroxylation sites is 1. The maximum atomic E-state index is 13.3. The predicted molar refractivity (Wildman–Crippen MR) is 106 cm³/mol. The number of amides is 1. The molecule has 4 rings (SSSR count). The highest BCUT2D eigenvalue weighted by Crippen LogP contribution is 2.30. The van der Waals surface area contributed by atoms with Crippen molar-refractivity contribution in [2.75, 3.05) is 32.7 Å². The lowest BCUT2D eigenvalue weighted by atomic mass is 10.0. The monoisotopic (exact) mass is 362 g/mol. The molecule has 1 amide bonds. The van der Waals surface area contributed by atoms with Crippen molar-refractivity contribution in [1.82, 2.24) is 9.88 Å². The zero-order valence-electron chi connectivity index (χ0n) is 15.5. The minimum absolute atomic E-state index is 0.114. The van der Waals surface area contributed by atoms with Crippen LogP contribution in [-0.2, 0) is 4.79 Å². The maximum Gasteiger partial charge on any atom is 0.219 e. The Labute approximate surface area is 158 Å². The van der Waals surface area contributed by atoms with E-state index in [-0.39, 0.29) is 11.7 Å². The quantitative estimate of drug-likeness (QED) is 0.695. The van der Waals surface area contributed by atoms with Gasteiger partial charge < -0.3 is 14.8 Å². The van der Waals surface area contributed by atoms with Crippen LogP contribution in [0, 0.1) is 0 Å². The molecule has 2 heterocycles. The first-order chi connectivity index (χ1) is 13.1. The van der Waals surface area contributed by atoms with E-state index in [9.17, 15) is 9.59 Å². The molecule has 5 nitrogen and oxygen atoms in total. The number of benzene rings is 2. The summed E-state index contributed by atoms with van der Waals surface area (Å²) < 4.78 is 0. The molecule has 0 aliphatic carbocycles. The fraction of sp³-hybridized carbons (Fsp3) is 0.273. The Morgan fingerprint density at radius 2 is 1.67 bits per heavy atom. The van der Waals surface area contributed by atoms with Gasteiger partial charge in [-0.3, -0.25) is 9.59 Å². The van der Waals surface area contributed by atoms with Crippen LogP contribution >= 0.6 is 0 Å². The lowest BCUT2D eigenvalue weighted by Crippen LogP contribution is -3.15. The Hall–Kier alpha value is -2.92. The number of H-pyrrole nitrogens is 1. The van der Waals surface area contributed by atoms with Crippen molar-refractivity contribution < 1.29 is 14.5 Å². The number of aromatic nitrogens is 1. The lowest BCUT2D eigenvalue weighted by molar-refractivity contribution is -0.895. The average Bonchev–Trinajstić information content (AvgIpc) is 3.09. The smallest absolute Gasteiger partial charge is 0.219 e. The van der Waals surface area contributed by atoms with Gasteiger partial charge >= 0.3 is 0 Å². The molecule has 1 aliphatic heterocycles. The third-order valence-corrected chi connectivity index (χ3v) is 5.37. The van der Waals surface area contributed by atoms with Gasteiger partial charge in [-0.1, -0.05) is 48.5 Å². The van der Waals surface area contributed by atoms with Gasteiger partial charge in [0.2, 0.25) is 11.7 Å². The summed E-state index contributed by atoms with van der Waals surface area (Å²) in [5.41, 5.74) is 3.67. The van der Waals surface area contributed by atoms with Crippen LogP contribution in [0.1, 0.15) is 17.3 Å². The summed E-state index contributed by atoms with van der Waals surface area (Å²) in [5.74, 6) is 0.265. The first kappa shape index (κ1) is 17.5. The van der Waals surface area contributed by atoms with Gasteiger partial charge in [0.15, 0.2) is 0 Å². The van der Waals surface area contributed by atoms with Crippen molar-refractivity contribution in [2.45, 2.75) is 6.92 Å². The van der Waals surface area contributed by atoms with Gasteiger partial charge in [0.25, 0.3) is 0 Å². The fourth-order valence-corrected chi connectivity index (χ4v) is 3.88. The van der Waals surface area contributed by atoms with Gasteiger partial charge in [-0.05, 0) is 11.6 Å². The molecular formula is C22H24N3O2+. The van der Waals surface area contributed by atoms with Crippen LogP contribution in [0.5, 0.6) is 0 Å². The summed E-state index contributed by atoms with van der Waals surface area (Å²) in [6, 6.07) is 18.0. The summed E-state index contributed by atoms with van der Waals surface area (Å²) in [4.78, 5) is 31.3. The SMILES string of the molecule is CC(=O)N1CC[NH+](CC(=O)c2c(-c3ccccc3)[nH]c3ccccc23)CC1. The standard InChI is InChI=1S/C22H23N3O2/c1-16(26)25-13-11-24(12-14-25)15-20(27)21-18-9-5-6-10-19(18)23-22(21)17-7-3-2-4-8-17/h2-10,23H,11-15H2,1H3/p+1.